The van der Waals surface area contributed by atoms with E-state index in [0.717, 1.165) is 24.2 Å². The van der Waals surface area contributed by atoms with Gasteiger partial charge in [-0.1, -0.05) is 24.3 Å². The highest BCUT2D eigenvalue weighted by Gasteiger charge is 2.34. The van der Waals surface area contributed by atoms with Crippen LogP contribution in [0.25, 0.3) is 0 Å². The Labute approximate surface area is 123 Å². The second kappa shape index (κ2) is 5.73. The van der Waals surface area contributed by atoms with Gasteiger partial charge in [0.15, 0.2) is 0 Å². The van der Waals surface area contributed by atoms with E-state index >= 15 is 0 Å². The van der Waals surface area contributed by atoms with Crippen molar-refractivity contribution in [3.05, 3.63) is 35.4 Å². The summed E-state index contributed by atoms with van der Waals surface area (Å²) in [5, 5.41) is 12.6. The van der Waals surface area contributed by atoms with Crippen LogP contribution < -0.4 is 5.32 Å². The Balaban J connectivity index is 1.82. The first-order valence-electron chi connectivity index (χ1n) is 7.22. The molecule has 1 saturated heterocycles. The molecule has 2 heterocycles. The van der Waals surface area contributed by atoms with Gasteiger partial charge in [-0.25, -0.2) is 4.79 Å². The van der Waals surface area contributed by atoms with Crippen LogP contribution in [0.2, 0.25) is 0 Å². The number of aliphatic carboxylic acids is 1. The molecule has 0 radical (unpaired) electrons. The zero-order valence-corrected chi connectivity index (χ0v) is 11.8. The van der Waals surface area contributed by atoms with Gasteiger partial charge in [0, 0.05) is 39.3 Å². The second-order valence-electron chi connectivity index (χ2n) is 5.49. The molecule has 1 aromatic carbocycles. The van der Waals surface area contributed by atoms with Gasteiger partial charge < -0.3 is 20.2 Å². The smallest absolute Gasteiger partial charge is 0.320 e. The minimum absolute atomic E-state index is 0.0581. The average molecular weight is 289 g/mol. The molecular formula is C15H19N3O3. The molecule has 2 aliphatic rings. The Morgan fingerprint density at radius 2 is 1.86 bits per heavy atom. The SMILES string of the molecule is O=C(O)C1CN(C(=O)N2CCNCC2)Cc2ccccc21. The third kappa shape index (κ3) is 2.71. The van der Waals surface area contributed by atoms with Gasteiger partial charge in [-0.05, 0) is 11.1 Å². The average Bonchev–Trinajstić information content (AvgIpc) is 2.53. The highest BCUT2D eigenvalue weighted by molar-refractivity contribution is 5.81. The molecule has 0 aromatic heterocycles. The summed E-state index contributed by atoms with van der Waals surface area (Å²) in [6.07, 6.45) is 0. The van der Waals surface area contributed by atoms with Gasteiger partial charge in [-0.15, -0.1) is 0 Å². The molecule has 1 fully saturated rings. The summed E-state index contributed by atoms with van der Waals surface area (Å²) < 4.78 is 0. The highest BCUT2D eigenvalue weighted by Crippen LogP contribution is 2.29. The molecule has 0 bridgehead atoms. The molecule has 0 aliphatic carbocycles. The number of carbonyl (C=O) groups excluding carboxylic acids is 1. The molecule has 112 valence electrons. The summed E-state index contributed by atoms with van der Waals surface area (Å²) in [6.45, 7) is 3.66. The fraction of sp³-hybridized carbons (Fsp3) is 0.467. The number of carboxylic acids is 1. The molecule has 1 aromatic rings. The number of hydrogen-bond donors (Lipinski definition) is 2. The van der Waals surface area contributed by atoms with E-state index in [2.05, 4.69) is 5.32 Å². The lowest BCUT2D eigenvalue weighted by atomic mass is 9.90. The topological polar surface area (TPSA) is 72.9 Å². The number of fused-ring (bicyclic) bond motifs is 1. The number of carbonyl (C=O) groups is 2. The van der Waals surface area contributed by atoms with Crippen molar-refractivity contribution >= 4 is 12.0 Å². The predicted molar refractivity (Wildman–Crippen MR) is 77.1 cm³/mol. The maximum atomic E-state index is 12.6. The number of benzene rings is 1. The van der Waals surface area contributed by atoms with Crippen molar-refractivity contribution in [2.75, 3.05) is 32.7 Å². The number of nitrogens with zero attached hydrogens (tertiary/aromatic N) is 2. The molecule has 2 N–H and O–H groups in total. The van der Waals surface area contributed by atoms with Crippen molar-refractivity contribution in [3.63, 3.8) is 0 Å². The molecule has 1 unspecified atom stereocenters. The standard InChI is InChI=1S/C15H19N3O3/c19-14(20)13-10-18(9-11-3-1-2-4-12(11)13)15(21)17-7-5-16-6-8-17/h1-4,13,16H,5-10H2,(H,19,20). The van der Waals surface area contributed by atoms with Crippen LogP contribution >= 0.6 is 0 Å². The van der Waals surface area contributed by atoms with Gasteiger partial charge >= 0.3 is 12.0 Å². The monoisotopic (exact) mass is 289 g/mol. The maximum absolute atomic E-state index is 12.6. The van der Waals surface area contributed by atoms with E-state index in [1.165, 1.54) is 0 Å². The molecule has 1 atom stereocenters. The van der Waals surface area contributed by atoms with Crippen molar-refractivity contribution in [1.29, 1.82) is 0 Å². The first-order chi connectivity index (χ1) is 10.2. The van der Waals surface area contributed by atoms with Crippen molar-refractivity contribution in [2.24, 2.45) is 0 Å². The van der Waals surface area contributed by atoms with Crippen LogP contribution in [0.1, 0.15) is 17.0 Å². The van der Waals surface area contributed by atoms with E-state index in [0.29, 0.717) is 19.6 Å². The lowest BCUT2D eigenvalue weighted by molar-refractivity contribution is -0.139. The molecule has 0 spiro atoms. The zero-order chi connectivity index (χ0) is 14.8. The minimum atomic E-state index is -0.875. The molecule has 3 rings (SSSR count). The van der Waals surface area contributed by atoms with E-state index in [1.807, 2.05) is 24.3 Å². The first kappa shape index (κ1) is 13.9. The van der Waals surface area contributed by atoms with Gasteiger partial charge in [0.25, 0.3) is 0 Å². The van der Waals surface area contributed by atoms with Gasteiger partial charge in [-0.2, -0.15) is 0 Å². The van der Waals surface area contributed by atoms with E-state index in [9.17, 15) is 14.7 Å². The third-order valence-electron chi connectivity index (χ3n) is 4.15. The van der Waals surface area contributed by atoms with Gasteiger partial charge in [0.2, 0.25) is 0 Å². The Morgan fingerprint density at radius 1 is 1.14 bits per heavy atom. The predicted octanol–water partition coefficient (Wildman–Crippen LogP) is 0.696. The molecular weight excluding hydrogens is 270 g/mol. The summed E-state index contributed by atoms with van der Waals surface area (Å²) in [7, 11) is 0. The number of hydrogen-bond acceptors (Lipinski definition) is 3. The van der Waals surface area contributed by atoms with E-state index in [4.69, 9.17) is 0 Å². The fourth-order valence-corrected chi connectivity index (χ4v) is 3.02. The quantitative estimate of drug-likeness (QED) is 0.798. The second-order valence-corrected chi connectivity index (χ2v) is 5.49. The lowest BCUT2D eigenvalue weighted by Gasteiger charge is -2.37. The number of nitrogens with one attached hydrogen (secondary N) is 1. The molecule has 6 nitrogen and oxygen atoms in total. The minimum Gasteiger partial charge on any atom is -0.481 e. The van der Waals surface area contributed by atoms with Crippen LogP contribution in [0, 0.1) is 0 Å². The van der Waals surface area contributed by atoms with Gasteiger partial charge in [0.1, 0.15) is 0 Å². The van der Waals surface area contributed by atoms with Crippen LogP contribution in [0.5, 0.6) is 0 Å². The first-order valence-corrected chi connectivity index (χ1v) is 7.22. The Kier molecular flexibility index (Phi) is 3.79. The van der Waals surface area contributed by atoms with Crippen molar-refractivity contribution in [3.8, 4) is 0 Å². The number of piperazine rings is 1. The summed E-state index contributed by atoms with van der Waals surface area (Å²) in [4.78, 5) is 27.5. The lowest BCUT2D eigenvalue weighted by Crippen LogP contribution is -2.53. The Bertz CT molecular complexity index is 555. The van der Waals surface area contributed by atoms with Gasteiger partial charge in [0.05, 0.1) is 5.92 Å². The van der Waals surface area contributed by atoms with Crippen LogP contribution in [-0.4, -0.2) is 59.6 Å². The van der Waals surface area contributed by atoms with Gasteiger partial charge in [-0.3, -0.25) is 4.79 Å². The summed E-state index contributed by atoms with van der Waals surface area (Å²) >= 11 is 0. The third-order valence-corrected chi connectivity index (χ3v) is 4.15. The van der Waals surface area contributed by atoms with E-state index in [-0.39, 0.29) is 12.6 Å². The fourth-order valence-electron chi connectivity index (χ4n) is 3.02. The Hall–Kier alpha value is -2.08. The summed E-state index contributed by atoms with van der Waals surface area (Å²) in [5.41, 5.74) is 1.76. The van der Waals surface area contributed by atoms with Crippen LogP contribution in [0.3, 0.4) is 0 Å². The number of rotatable bonds is 1. The molecule has 6 heteroatoms. The molecule has 0 saturated carbocycles. The number of carboxylic acid groups (broad SMARTS) is 1. The zero-order valence-electron chi connectivity index (χ0n) is 11.8. The maximum Gasteiger partial charge on any atom is 0.320 e. The molecule has 21 heavy (non-hydrogen) atoms. The summed E-state index contributed by atoms with van der Waals surface area (Å²) in [6, 6.07) is 7.43. The number of amides is 2. The van der Waals surface area contributed by atoms with Crippen molar-refractivity contribution in [2.45, 2.75) is 12.5 Å². The Morgan fingerprint density at radius 3 is 2.57 bits per heavy atom. The van der Waals surface area contributed by atoms with Crippen molar-refractivity contribution in [1.82, 2.24) is 15.1 Å². The largest absolute Gasteiger partial charge is 0.481 e. The highest BCUT2D eigenvalue weighted by atomic mass is 16.4. The van der Waals surface area contributed by atoms with E-state index < -0.39 is 11.9 Å². The normalized spacial score (nSPS) is 21.8. The molecule has 2 amide bonds. The van der Waals surface area contributed by atoms with E-state index in [1.54, 1.807) is 9.80 Å². The number of urea groups is 1. The van der Waals surface area contributed by atoms with Crippen LogP contribution in [0.4, 0.5) is 4.79 Å². The molecule has 2 aliphatic heterocycles. The van der Waals surface area contributed by atoms with Crippen LogP contribution in [-0.2, 0) is 11.3 Å². The summed E-state index contributed by atoms with van der Waals surface area (Å²) in [5.74, 6) is -1.51. The van der Waals surface area contributed by atoms with Crippen molar-refractivity contribution < 1.29 is 14.7 Å². The van der Waals surface area contributed by atoms with Crippen LogP contribution in [0.15, 0.2) is 24.3 Å².